The maximum Gasteiger partial charge on any atom is 0.264 e. The van der Waals surface area contributed by atoms with Gasteiger partial charge in [-0.05, 0) is 60.7 Å². The van der Waals surface area contributed by atoms with E-state index < -0.39 is 21.7 Å². The van der Waals surface area contributed by atoms with Crippen molar-refractivity contribution < 1.29 is 22.0 Å². The molecule has 0 aromatic heterocycles. The molecule has 1 N–H and O–H groups in total. The number of nitrogens with zero attached hydrogens (tertiary/aromatic N) is 1. The lowest BCUT2D eigenvalue weighted by atomic mass is 10.0. The predicted molar refractivity (Wildman–Crippen MR) is 119 cm³/mol. The minimum atomic E-state index is -3.68. The van der Waals surface area contributed by atoms with E-state index in [4.69, 9.17) is 0 Å². The van der Waals surface area contributed by atoms with Crippen LogP contribution in [0.3, 0.4) is 0 Å². The zero-order valence-corrected chi connectivity index (χ0v) is 18.0. The van der Waals surface area contributed by atoms with Gasteiger partial charge in [-0.2, -0.15) is 0 Å². The van der Waals surface area contributed by atoms with Gasteiger partial charge in [-0.3, -0.25) is 9.10 Å². The Hall–Kier alpha value is -3.26. The van der Waals surface area contributed by atoms with Gasteiger partial charge in [0.25, 0.3) is 10.0 Å². The number of fused-ring (bicyclic) bond motifs is 1. The Balaban J connectivity index is 1.41. The number of hydrogen-bond acceptors (Lipinski definition) is 3. The van der Waals surface area contributed by atoms with Crippen molar-refractivity contribution >= 4 is 27.3 Å². The van der Waals surface area contributed by atoms with E-state index in [-0.39, 0.29) is 22.9 Å². The Morgan fingerprint density at radius 3 is 2.47 bits per heavy atom. The van der Waals surface area contributed by atoms with Crippen molar-refractivity contribution in [1.82, 2.24) is 0 Å². The van der Waals surface area contributed by atoms with E-state index in [9.17, 15) is 22.0 Å². The monoisotopic (exact) mass is 456 g/mol. The van der Waals surface area contributed by atoms with Gasteiger partial charge in [-0.15, -0.1) is 0 Å². The van der Waals surface area contributed by atoms with E-state index in [0.717, 1.165) is 41.8 Å². The summed E-state index contributed by atoms with van der Waals surface area (Å²) in [6, 6.07) is 17.2. The highest BCUT2D eigenvalue weighted by atomic mass is 32.2. The largest absolute Gasteiger partial charge is 0.326 e. The molecule has 1 amide bonds. The third-order valence-electron chi connectivity index (χ3n) is 5.42. The molecule has 0 unspecified atom stereocenters. The number of amides is 1. The molecule has 8 heteroatoms. The third kappa shape index (κ3) is 4.65. The number of carbonyl (C=O) groups is 1. The highest BCUT2D eigenvalue weighted by Crippen LogP contribution is 2.31. The molecule has 0 bridgehead atoms. The van der Waals surface area contributed by atoms with Crippen LogP contribution in [0, 0.1) is 11.6 Å². The lowest BCUT2D eigenvalue weighted by molar-refractivity contribution is -0.116. The van der Waals surface area contributed by atoms with Crippen molar-refractivity contribution in [3.63, 3.8) is 0 Å². The molecule has 166 valence electrons. The summed E-state index contributed by atoms with van der Waals surface area (Å²) < 4.78 is 54.1. The maximum atomic E-state index is 13.3. The predicted octanol–water partition coefficient (Wildman–Crippen LogP) is 4.68. The quantitative estimate of drug-likeness (QED) is 0.586. The fourth-order valence-electron chi connectivity index (χ4n) is 3.76. The maximum absolute atomic E-state index is 13.3. The average molecular weight is 457 g/mol. The van der Waals surface area contributed by atoms with E-state index in [1.165, 1.54) is 10.4 Å². The molecule has 0 fully saturated rings. The van der Waals surface area contributed by atoms with Crippen LogP contribution in [0.15, 0.2) is 71.6 Å². The number of rotatable bonds is 6. The highest BCUT2D eigenvalue weighted by molar-refractivity contribution is 7.92. The van der Waals surface area contributed by atoms with Crippen molar-refractivity contribution in [3.05, 3.63) is 89.5 Å². The summed E-state index contributed by atoms with van der Waals surface area (Å²) in [4.78, 5) is 12.3. The summed E-state index contributed by atoms with van der Waals surface area (Å²) in [5.41, 5.74) is 2.71. The lowest BCUT2D eigenvalue weighted by Crippen LogP contribution is -2.35. The fourth-order valence-corrected chi connectivity index (χ4v) is 5.30. The molecule has 0 atom stereocenters. The Kier molecular flexibility index (Phi) is 6.23. The second-order valence-electron chi connectivity index (χ2n) is 7.63. The first-order chi connectivity index (χ1) is 15.3. The van der Waals surface area contributed by atoms with Gasteiger partial charge in [0.2, 0.25) is 5.91 Å². The van der Waals surface area contributed by atoms with E-state index >= 15 is 0 Å². The Morgan fingerprint density at radius 1 is 0.969 bits per heavy atom. The molecule has 1 aliphatic heterocycles. The van der Waals surface area contributed by atoms with Crippen LogP contribution in [0.1, 0.15) is 24.0 Å². The SMILES string of the molecule is O=C(CCc1ccc(S(=O)(=O)N2CCCc3ccccc32)cc1)Nc1ccc(F)c(F)c1. The van der Waals surface area contributed by atoms with E-state index in [0.29, 0.717) is 13.0 Å². The summed E-state index contributed by atoms with van der Waals surface area (Å²) in [7, 11) is -3.68. The van der Waals surface area contributed by atoms with Crippen LogP contribution in [0.4, 0.5) is 20.2 Å². The molecule has 0 spiro atoms. The van der Waals surface area contributed by atoms with Gasteiger partial charge < -0.3 is 5.32 Å². The molecule has 32 heavy (non-hydrogen) atoms. The van der Waals surface area contributed by atoms with Crippen molar-refractivity contribution in [3.8, 4) is 0 Å². The number of nitrogens with one attached hydrogen (secondary N) is 1. The molecule has 1 aliphatic rings. The molecule has 0 saturated heterocycles. The topological polar surface area (TPSA) is 66.5 Å². The normalized spacial score (nSPS) is 13.5. The minimum absolute atomic E-state index is 0.116. The van der Waals surface area contributed by atoms with Gasteiger partial charge in [-0.1, -0.05) is 30.3 Å². The number of para-hydroxylation sites is 1. The molecule has 0 saturated carbocycles. The molecule has 3 aromatic carbocycles. The number of aryl methyl sites for hydroxylation is 2. The second kappa shape index (κ2) is 9.08. The molecule has 0 radical (unpaired) electrons. The average Bonchev–Trinajstić information content (AvgIpc) is 2.80. The summed E-state index contributed by atoms with van der Waals surface area (Å²) in [6.07, 6.45) is 2.11. The van der Waals surface area contributed by atoms with Crippen LogP contribution in [-0.2, 0) is 27.7 Å². The van der Waals surface area contributed by atoms with Gasteiger partial charge >= 0.3 is 0 Å². The number of carbonyl (C=O) groups excluding carboxylic acids is 1. The number of sulfonamides is 1. The minimum Gasteiger partial charge on any atom is -0.326 e. The summed E-state index contributed by atoms with van der Waals surface area (Å²) in [6.45, 7) is 0.436. The van der Waals surface area contributed by atoms with Crippen molar-refractivity contribution in [2.45, 2.75) is 30.6 Å². The molecule has 0 aliphatic carbocycles. The molecular weight excluding hydrogens is 434 g/mol. The molecular formula is C24H22F2N2O3S. The zero-order valence-electron chi connectivity index (χ0n) is 17.2. The van der Waals surface area contributed by atoms with Gasteiger partial charge in [-0.25, -0.2) is 17.2 Å². The first-order valence-electron chi connectivity index (χ1n) is 10.3. The van der Waals surface area contributed by atoms with Gasteiger partial charge in [0.05, 0.1) is 10.6 Å². The zero-order chi connectivity index (χ0) is 22.7. The lowest BCUT2D eigenvalue weighted by Gasteiger charge is -2.30. The third-order valence-corrected chi connectivity index (χ3v) is 7.25. The number of hydrogen-bond donors (Lipinski definition) is 1. The van der Waals surface area contributed by atoms with E-state index in [1.807, 2.05) is 24.3 Å². The van der Waals surface area contributed by atoms with Gasteiger partial charge in [0.15, 0.2) is 11.6 Å². The highest BCUT2D eigenvalue weighted by Gasteiger charge is 2.28. The molecule has 3 aromatic rings. The Labute approximate surface area is 185 Å². The standard InChI is InChI=1S/C24H22F2N2O3S/c25-21-13-10-19(16-22(21)26)27-24(29)14-9-17-7-11-20(12-8-17)32(30,31)28-15-3-5-18-4-1-2-6-23(18)28/h1-2,4,6-8,10-13,16H,3,5,9,14-15H2,(H,27,29). The van der Waals surface area contributed by atoms with Crippen molar-refractivity contribution in [2.75, 3.05) is 16.2 Å². The van der Waals surface area contributed by atoms with Crippen LogP contribution < -0.4 is 9.62 Å². The summed E-state index contributed by atoms with van der Waals surface area (Å²) in [5.74, 6) is -2.36. The first kappa shape index (κ1) is 22.0. The Morgan fingerprint density at radius 2 is 1.72 bits per heavy atom. The van der Waals surface area contributed by atoms with Gasteiger partial charge in [0.1, 0.15) is 0 Å². The smallest absolute Gasteiger partial charge is 0.264 e. The molecule has 4 rings (SSSR count). The number of benzene rings is 3. The fraction of sp³-hybridized carbons (Fsp3) is 0.208. The summed E-state index contributed by atoms with van der Waals surface area (Å²) >= 11 is 0. The number of anilines is 2. The van der Waals surface area contributed by atoms with Crippen LogP contribution in [0.2, 0.25) is 0 Å². The van der Waals surface area contributed by atoms with Crippen molar-refractivity contribution in [1.29, 1.82) is 0 Å². The Bertz CT molecular complexity index is 1240. The number of halogens is 2. The van der Waals surface area contributed by atoms with Crippen LogP contribution >= 0.6 is 0 Å². The molecule has 5 nitrogen and oxygen atoms in total. The first-order valence-corrected chi connectivity index (χ1v) is 11.7. The van der Waals surface area contributed by atoms with E-state index in [2.05, 4.69) is 5.32 Å². The van der Waals surface area contributed by atoms with Crippen LogP contribution in [-0.4, -0.2) is 20.9 Å². The van der Waals surface area contributed by atoms with Crippen LogP contribution in [0.25, 0.3) is 0 Å². The van der Waals surface area contributed by atoms with E-state index in [1.54, 1.807) is 24.3 Å². The second-order valence-corrected chi connectivity index (χ2v) is 9.49. The molecule has 1 heterocycles. The van der Waals surface area contributed by atoms with Crippen LogP contribution in [0.5, 0.6) is 0 Å². The van der Waals surface area contributed by atoms with Crippen molar-refractivity contribution in [2.24, 2.45) is 0 Å². The van der Waals surface area contributed by atoms with Gasteiger partial charge in [0, 0.05) is 24.7 Å². The summed E-state index contributed by atoms with van der Waals surface area (Å²) in [5, 5.41) is 2.52.